The highest BCUT2D eigenvalue weighted by atomic mass is 16.4. The second kappa shape index (κ2) is 5.06. The van der Waals surface area contributed by atoms with E-state index in [0.717, 1.165) is 0 Å². The van der Waals surface area contributed by atoms with E-state index >= 15 is 0 Å². The molecule has 0 aromatic carbocycles. The summed E-state index contributed by atoms with van der Waals surface area (Å²) in [4.78, 5) is 37.4. The summed E-state index contributed by atoms with van der Waals surface area (Å²) < 4.78 is 0. The van der Waals surface area contributed by atoms with Gasteiger partial charge in [0.15, 0.2) is 0 Å². The van der Waals surface area contributed by atoms with Crippen LogP contribution in [-0.4, -0.2) is 57.4 Å². The van der Waals surface area contributed by atoms with E-state index in [0.29, 0.717) is 6.54 Å². The van der Waals surface area contributed by atoms with E-state index in [1.807, 2.05) is 20.8 Å². The van der Waals surface area contributed by atoms with Crippen molar-refractivity contribution in [1.82, 2.24) is 9.80 Å². The Bertz CT molecular complexity index is 373. The van der Waals surface area contributed by atoms with Crippen molar-refractivity contribution in [3.63, 3.8) is 0 Å². The highest BCUT2D eigenvalue weighted by molar-refractivity contribution is 6.05. The topological polar surface area (TPSA) is 77.9 Å². The molecule has 1 unspecified atom stereocenters. The lowest BCUT2D eigenvalue weighted by molar-refractivity contribution is -0.143. The molecule has 0 aromatic rings. The molecule has 18 heavy (non-hydrogen) atoms. The summed E-state index contributed by atoms with van der Waals surface area (Å²) in [5, 5.41) is 8.93. The van der Waals surface area contributed by atoms with E-state index in [1.165, 1.54) is 4.90 Å². The number of hydrogen-bond donors (Lipinski definition) is 1. The van der Waals surface area contributed by atoms with E-state index in [-0.39, 0.29) is 24.8 Å². The van der Waals surface area contributed by atoms with Crippen LogP contribution in [0.25, 0.3) is 0 Å². The van der Waals surface area contributed by atoms with Crippen LogP contribution in [0.4, 0.5) is 0 Å². The molecule has 1 N–H and O–H groups in total. The minimum atomic E-state index is -1.000. The van der Waals surface area contributed by atoms with E-state index in [9.17, 15) is 14.4 Å². The van der Waals surface area contributed by atoms with Gasteiger partial charge in [-0.1, -0.05) is 0 Å². The van der Waals surface area contributed by atoms with Crippen molar-refractivity contribution in [1.29, 1.82) is 0 Å². The van der Waals surface area contributed by atoms with E-state index in [2.05, 4.69) is 0 Å². The van der Waals surface area contributed by atoms with Crippen molar-refractivity contribution in [2.45, 2.75) is 45.7 Å². The maximum absolute atomic E-state index is 12.1. The zero-order valence-electron chi connectivity index (χ0n) is 11.3. The number of nitrogens with zero attached hydrogens (tertiary/aromatic N) is 2. The Balaban J connectivity index is 2.98. The molecule has 0 spiro atoms. The first-order chi connectivity index (χ1) is 8.18. The molecular weight excluding hydrogens is 236 g/mol. The summed E-state index contributed by atoms with van der Waals surface area (Å²) in [7, 11) is 0. The summed E-state index contributed by atoms with van der Waals surface area (Å²) >= 11 is 0. The Hall–Kier alpha value is -1.43. The number of rotatable bonds is 4. The third-order valence-corrected chi connectivity index (χ3v) is 3.08. The number of carboxylic acids is 1. The van der Waals surface area contributed by atoms with Crippen LogP contribution in [0.3, 0.4) is 0 Å². The van der Waals surface area contributed by atoms with Gasteiger partial charge in [-0.2, -0.15) is 0 Å². The smallest absolute Gasteiger partial charge is 0.317 e. The van der Waals surface area contributed by atoms with Gasteiger partial charge >= 0.3 is 5.97 Å². The Kier molecular flexibility index (Phi) is 4.11. The first-order valence-corrected chi connectivity index (χ1v) is 6.01. The highest BCUT2D eigenvalue weighted by Crippen LogP contribution is 2.25. The quantitative estimate of drug-likeness (QED) is 0.733. The minimum Gasteiger partial charge on any atom is -0.480 e. The highest BCUT2D eigenvalue weighted by Gasteiger charge is 2.44. The summed E-state index contributed by atoms with van der Waals surface area (Å²) in [6, 6.07) is -0.659. The lowest BCUT2D eigenvalue weighted by atomic mass is 10.0. The van der Waals surface area contributed by atoms with Gasteiger partial charge in [-0.25, -0.2) is 0 Å². The zero-order valence-corrected chi connectivity index (χ0v) is 11.3. The number of carbonyl (C=O) groups is 3. The minimum absolute atomic E-state index is 0.0667. The molecular formula is C12H20N2O4. The van der Waals surface area contributed by atoms with Crippen molar-refractivity contribution in [2.75, 3.05) is 13.1 Å². The number of imide groups is 1. The van der Waals surface area contributed by atoms with Gasteiger partial charge in [-0.3, -0.25) is 24.2 Å². The monoisotopic (exact) mass is 256 g/mol. The third-order valence-electron chi connectivity index (χ3n) is 3.08. The number of aliphatic carboxylic acids is 1. The van der Waals surface area contributed by atoms with Crippen LogP contribution in [0, 0.1) is 0 Å². The average Bonchev–Trinajstić information content (AvgIpc) is 2.48. The van der Waals surface area contributed by atoms with Crippen LogP contribution in [0.15, 0.2) is 0 Å². The Morgan fingerprint density at radius 3 is 2.33 bits per heavy atom. The largest absolute Gasteiger partial charge is 0.480 e. The molecule has 1 aliphatic heterocycles. The zero-order chi connectivity index (χ0) is 14.1. The average molecular weight is 256 g/mol. The Labute approximate surface area is 107 Å². The van der Waals surface area contributed by atoms with E-state index < -0.39 is 17.6 Å². The maximum atomic E-state index is 12.1. The van der Waals surface area contributed by atoms with E-state index in [4.69, 9.17) is 5.11 Å². The first-order valence-electron chi connectivity index (χ1n) is 6.01. The molecule has 2 amide bonds. The summed E-state index contributed by atoms with van der Waals surface area (Å²) in [5.74, 6) is -1.52. The molecule has 102 valence electrons. The molecule has 1 fully saturated rings. The summed E-state index contributed by atoms with van der Waals surface area (Å²) in [6.07, 6.45) is 0.0667. The van der Waals surface area contributed by atoms with Gasteiger partial charge in [-0.05, 0) is 27.7 Å². The molecule has 0 aliphatic carbocycles. The van der Waals surface area contributed by atoms with Crippen molar-refractivity contribution in [3.05, 3.63) is 0 Å². The van der Waals surface area contributed by atoms with Crippen molar-refractivity contribution in [2.24, 2.45) is 0 Å². The van der Waals surface area contributed by atoms with Crippen molar-refractivity contribution in [3.8, 4) is 0 Å². The molecule has 6 heteroatoms. The number of carbonyl (C=O) groups excluding carboxylic acids is 2. The number of likely N-dealkylation sites (tertiary alicyclic amines) is 1. The number of likely N-dealkylation sites (N-methyl/N-ethyl adjacent to an activating group) is 1. The lowest BCUT2D eigenvalue weighted by Gasteiger charge is -2.37. The van der Waals surface area contributed by atoms with Gasteiger partial charge in [0.1, 0.15) is 0 Å². The molecule has 1 saturated heterocycles. The van der Waals surface area contributed by atoms with Gasteiger partial charge in [0, 0.05) is 12.1 Å². The van der Waals surface area contributed by atoms with Crippen molar-refractivity contribution >= 4 is 17.8 Å². The second-order valence-corrected chi connectivity index (χ2v) is 5.39. The fourth-order valence-corrected chi connectivity index (χ4v) is 2.20. The van der Waals surface area contributed by atoms with Crippen molar-refractivity contribution < 1.29 is 19.5 Å². The normalized spacial score (nSPS) is 20.9. The fourth-order valence-electron chi connectivity index (χ4n) is 2.20. The number of amides is 2. The molecule has 0 radical (unpaired) electrons. The van der Waals surface area contributed by atoms with Crippen LogP contribution < -0.4 is 0 Å². The van der Waals surface area contributed by atoms with Gasteiger partial charge in [0.2, 0.25) is 11.8 Å². The molecule has 1 rings (SSSR count). The fraction of sp³-hybridized carbons (Fsp3) is 0.750. The number of carboxylic acid groups (broad SMARTS) is 1. The van der Waals surface area contributed by atoms with Gasteiger partial charge in [0.05, 0.1) is 19.0 Å². The Morgan fingerprint density at radius 1 is 1.44 bits per heavy atom. The molecule has 6 nitrogen and oxygen atoms in total. The predicted octanol–water partition coefficient (Wildman–Crippen LogP) is 0.319. The molecule has 1 heterocycles. The molecule has 1 atom stereocenters. The molecule has 0 bridgehead atoms. The summed E-state index contributed by atoms with van der Waals surface area (Å²) in [5.41, 5.74) is -0.483. The molecule has 0 aromatic heterocycles. The van der Waals surface area contributed by atoms with Crippen LogP contribution >= 0.6 is 0 Å². The predicted molar refractivity (Wildman–Crippen MR) is 64.9 cm³/mol. The van der Waals surface area contributed by atoms with Gasteiger partial charge < -0.3 is 5.11 Å². The summed E-state index contributed by atoms with van der Waals surface area (Å²) in [6.45, 7) is 7.33. The standard InChI is InChI=1S/C12H20N2O4/c1-5-13-9(15)6-8(11(13)18)14(7-10(16)17)12(2,3)4/h8H,5-7H2,1-4H3,(H,16,17). The lowest BCUT2D eigenvalue weighted by Crippen LogP contribution is -2.53. The maximum Gasteiger partial charge on any atom is 0.317 e. The molecule has 0 saturated carbocycles. The van der Waals surface area contributed by atoms with Gasteiger partial charge in [-0.15, -0.1) is 0 Å². The first kappa shape index (κ1) is 14.6. The SMILES string of the molecule is CCN1C(=O)CC(N(CC(=O)O)C(C)(C)C)C1=O. The van der Waals surface area contributed by atoms with Crippen LogP contribution in [-0.2, 0) is 14.4 Å². The van der Waals surface area contributed by atoms with E-state index in [1.54, 1.807) is 11.8 Å². The number of hydrogen-bond acceptors (Lipinski definition) is 4. The third kappa shape index (κ3) is 2.87. The second-order valence-electron chi connectivity index (χ2n) is 5.39. The molecule has 1 aliphatic rings. The Morgan fingerprint density at radius 2 is 2.00 bits per heavy atom. The van der Waals surface area contributed by atoms with Crippen LogP contribution in [0.2, 0.25) is 0 Å². The van der Waals surface area contributed by atoms with Crippen LogP contribution in [0.5, 0.6) is 0 Å². The van der Waals surface area contributed by atoms with Crippen LogP contribution in [0.1, 0.15) is 34.1 Å². The van der Waals surface area contributed by atoms with Gasteiger partial charge in [0.25, 0.3) is 0 Å².